The molecule has 1 aliphatic rings. The molecule has 1 saturated carbocycles. The maximum Gasteiger partial charge on any atom is 0.191 e. The van der Waals surface area contributed by atoms with Crippen LogP contribution in [0.3, 0.4) is 0 Å². The summed E-state index contributed by atoms with van der Waals surface area (Å²) in [5.74, 6) is 0.714. The highest BCUT2D eigenvalue weighted by molar-refractivity contribution is 7.98. The Morgan fingerprint density at radius 3 is 2.67 bits per heavy atom. The van der Waals surface area contributed by atoms with Gasteiger partial charge in [0.15, 0.2) is 11.0 Å². The Labute approximate surface area is 94.1 Å². The number of thioether (sulfide) groups is 1. The molecule has 84 valence electrons. The van der Waals surface area contributed by atoms with Crippen molar-refractivity contribution in [3.05, 3.63) is 5.82 Å². The van der Waals surface area contributed by atoms with Crippen molar-refractivity contribution in [3.63, 3.8) is 0 Å². The van der Waals surface area contributed by atoms with Crippen molar-refractivity contribution in [1.29, 1.82) is 0 Å². The van der Waals surface area contributed by atoms with Crippen LogP contribution in [0.4, 0.5) is 0 Å². The fraction of sp³-hybridized carbons (Fsp3) is 0.800. The first-order valence-electron chi connectivity index (χ1n) is 5.45. The smallest absolute Gasteiger partial charge is 0.191 e. The van der Waals surface area contributed by atoms with Crippen LogP contribution in [-0.2, 0) is 6.61 Å². The van der Waals surface area contributed by atoms with Crippen LogP contribution in [0.25, 0.3) is 0 Å². The Morgan fingerprint density at radius 2 is 2.07 bits per heavy atom. The highest BCUT2D eigenvalue weighted by Crippen LogP contribution is 2.31. The number of nitrogens with zero attached hydrogens (tertiary/aromatic N) is 3. The zero-order valence-electron chi connectivity index (χ0n) is 9.02. The summed E-state index contributed by atoms with van der Waals surface area (Å²) in [5.41, 5.74) is 0. The predicted molar refractivity (Wildman–Crippen MR) is 59.8 cm³/mol. The summed E-state index contributed by atoms with van der Waals surface area (Å²) in [6.07, 6.45) is 8.28. The summed E-state index contributed by atoms with van der Waals surface area (Å²) in [4.78, 5) is 0. The lowest BCUT2D eigenvalue weighted by Crippen LogP contribution is -2.16. The Bertz CT molecular complexity index is 299. The Hall–Kier alpha value is -0.550. The van der Waals surface area contributed by atoms with Gasteiger partial charge in [0.05, 0.1) is 0 Å². The van der Waals surface area contributed by atoms with Gasteiger partial charge in [-0.1, -0.05) is 31.0 Å². The number of hydrogen-bond donors (Lipinski definition) is 1. The molecule has 0 atom stereocenters. The van der Waals surface area contributed by atoms with E-state index in [0.29, 0.717) is 11.9 Å². The lowest BCUT2D eigenvalue weighted by molar-refractivity contribution is 0.247. The van der Waals surface area contributed by atoms with Gasteiger partial charge in [0.25, 0.3) is 0 Å². The van der Waals surface area contributed by atoms with Crippen LogP contribution in [0.1, 0.15) is 44.0 Å². The van der Waals surface area contributed by atoms with Gasteiger partial charge in [0, 0.05) is 6.04 Å². The molecule has 0 bridgehead atoms. The summed E-state index contributed by atoms with van der Waals surface area (Å²) in [6.45, 7) is -0.00986. The molecule has 2 rings (SSSR count). The van der Waals surface area contributed by atoms with Crippen LogP contribution >= 0.6 is 11.8 Å². The molecule has 1 aliphatic carbocycles. The molecule has 1 fully saturated rings. The number of rotatable bonds is 3. The number of hydrogen-bond acceptors (Lipinski definition) is 4. The molecule has 0 aromatic carbocycles. The monoisotopic (exact) mass is 227 g/mol. The second-order valence-corrected chi connectivity index (χ2v) is 4.70. The van der Waals surface area contributed by atoms with Crippen molar-refractivity contribution < 1.29 is 5.11 Å². The zero-order valence-corrected chi connectivity index (χ0v) is 9.83. The van der Waals surface area contributed by atoms with Crippen LogP contribution in [-0.4, -0.2) is 26.1 Å². The minimum Gasteiger partial charge on any atom is -0.388 e. The van der Waals surface area contributed by atoms with Gasteiger partial charge in [0.1, 0.15) is 6.61 Å². The second kappa shape index (κ2) is 4.99. The first-order valence-corrected chi connectivity index (χ1v) is 6.68. The van der Waals surface area contributed by atoms with Crippen LogP contribution < -0.4 is 0 Å². The van der Waals surface area contributed by atoms with Crippen LogP contribution in [0, 0.1) is 0 Å². The highest BCUT2D eigenvalue weighted by atomic mass is 32.2. The largest absolute Gasteiger partial charge is 0.388 e. The second-order valence-electron chi connectivity index (χ2n) is 3.92. The standard InChI is InChI=1S/C10H17N3OS/c1-15-10-12-11-9(7-14)13(10)8-5-3-2-4-6-8/h8,14H,2-7H2,1H3. The quantitative estimate of drug-likeness (QED) is 0.802. The van der Waals surface area contributed by atoms with Crippen molar-refractivity contribution in [2.45, 2.75) is 49.9 Å². The van der Waals surface area contributed by atoms with Crippen LogP contribution in [0.2, 0.25) is 0 Å². The molecule has 0 amide bonds. The maximum atomic E-state index is 9.23. The first-order chi connectivity index (χ1) is 7.36. The first kappa shape index (κ1) is 11.0. The van der Waals surface area contributed by atoms with Gasteiger partial charge in [-0.25, -0.2) is 0 Å². The summed E-state index contributed by atoms with van der Waals surface area (Å²) < 4.78 is 2.13. The highest BCUT2D eigenvalue weighted by Gasteiger charge is 2.21. The minimum atomic E-state index is -0.00986. The molecule has 1 heterocycles. The van der Waals surface area contributed by atoms with Crippen LogP contribution in [0.5, 0.6) is 0 Å². The predicted octanol–water partition coefficient (Wildman–Crippen LogP) is 2.00. The van der Waals surface area contributed by atoms with E-state index in [2.05, 4.69) is 14.8 Å². The van der Waals surface area contributed by atoms with Gasteiger partial charge in [-0.3, -0.25) is 0 Å². The molecule has 1 aromatic rings. The molecular weight excluding hydrogens is 210 g/mol. The average molecular weight is 227 g/mol. The van der Waals surface area contributed by atoms with E-state index >= 15 is 0 Å². The normalized spacial score (nSPS) is 18.3. The molecule has 0 unspecified atom stereocenters. The van der Waals surface area contributed by atoms with Gasteiger partial charge < -0.3 is 9.67 Å². The molecule has 15 heavy (non-hydrogen) atoms. The van der Waals surface area contributed by atoms with Gasteiger partial charge in [-0.15, -0.1) is 10.2 Å². The van der Waals surface area contributed by atoms with Gasteiger partial charge in [-0.2, -0.15) is 0 Å². The number of aliphatic hydroxyl groups excluding tert-OH is 1. The van der Waals surface area contributed by atoms with Gasteiger partial charge in [0.2, 0.25) is 0 Å². The van der Waals surface area contributed by atoms with Crippen molar-refractivity contribution in [2.75, 3.05) is 6.26 Å². The van der Waals surface area contributed by atoms with Crippen molar-refractivity contribution >= 4 is 11.8 Å². The topological polar surface area (TPSA) is 50.9 Å². The average Bonchev–Trinajstić information content (AvgIpc) is 2.72. The summed E-state index contributed by atoms with van der Waals surface area (Å²) in [6, 6.07) is 0.498. The summed E-state index contributed by atoms with van der Waals surface area (Å²) >= 11 is 1.60. The SMILES string of the molecule is CSc1nnc(CO)n1C1CCCCC1. The lowest BCUT2D eigenvalue weighted by atomic mass is 9.95. The van der Waals surface area contributed by atoms with E-state index in [9.17, 15) is 5.11 Å². The van der Waals surface area contributed by atoms with Gasteiger partial charge >= 0.3 is 0 Å². The zero-order chi connectivity index (χ0) is 10.7. The molecule has 1 N–H and O–H groups in total. The number of aromatic nitrogens is 3. The van der Waals surface area contributed by atoms with E-state index in [1.807, 2.05) is 6.26 Å². The lowest BCUT2D eigenvalue weighted by Gasteiger charge is -2.24. The maximum absolute atomic E-state index is 9.23. The fourth-order valence-corrected chi connectivity index (χ4v) is 2.83. The Balaban J connectivity index is 2.26. The third kappa shape index (κ3) is 2.18. The van der Waals surface area contributed by atoms with Crippen molar-refractivity contribution in [1.82, 2.24) is 14.8 Å². The van der Waals surface area contributed by atoms with E-state index in [1.54, 1.807) is 11.8 Å². The molecular formula is C10H17N3OS. The van der Waals surface area contributed by atoms with Crippen LogP contribution in [0.15, 0.2) is 5.16 Å². The fourth-order valence-electron chi connectivity index (χ4n) is 2.26. The third-order valence-corrected chi connectivity index (χ3v) is 3.64. The third-order valence-electron chi connectivity index (χ3n) is 3.00. The number of aliphatic hydroxyl groups is 1. The van der Waals surface area contributed by atoms with Gasteiger partial charge in [-0.05, 0) is 19.1 Å². The van der Waals surface area contributed by atoms with E-state index in [4.69, 9.17) is 0 Å². The van der Waals surface area contributed by atoms with E-state index in [1.165, 1.54) is 32.1 Å². The molecule has 0 spiro atoms. The summed E-state index contributed by atoms with van der Waals surface area (Å²) in [5, 5.41) is 18.3. The van der Waals surface area contributed by atoms with Crippen molar-refractivity contribution in [2.24, 2.45) is 0 Å². The minimum absolute atomic E-state index is 0.00986. The molecule has 1 aromatic heterocycles. The molecule has 0 radical (unpaired) electrons. The molecule has 4 nitrogen and oxygen atoms in total. The Kier molecular flexibility index (Phi) is 3.64. The Morgan fingerprint density at radius 1 is 1.33 bits per heavy atom. The van der Waals surface area contributed by atoms with Crippen molar-refractivity contribution in [3.8, 4) is 0 Å². The summed E-state index contributed by atoms with van der Waals surface area (Å²) in [7, 11) is 0. The molecule has 5 heteroatoms. The van der Waals surface area contributed by atoms with E-state index < -0.39 is 0 Å². The molecule has 0 aliphatic heterocycles. The van der Waals surface area contributed by atoms with E-state index in [0.717, 1.165) is 5.16 Å². The molecule has 0 saturated heterocycles. The van der Waals surface area contributed by atoms with E-state index in [-0.39, 0.29) is 6.61 Å².